The number of rotatable bonds is 2. The average Bonchev–Trinajstić information content (AvgIpc) is 3.44. The van der Waals surface area contributed by atoms with Crippen LogP contribution in [0.25, 0.3) is 5.70 Å². The minimum absolute atomic E-state index is 0.0876. The van der Waals surface area contributed by atoms with Crippen molar-refractivity contribution in [3.8, 4) is 5.75 Å². The second-order valence-corrected chi connectivity index (χ2v) is 7.79. The normalized spacial score (nSPS) is 19.9. The van der Waals surface area contributed by atoms with E-state index in [1.165, 1.54) is 4.88 Å². The van der Waals surface area contributed by atoms with Crippen molar-refractivity contribution in [3.63, 3.8) is 0 Å². The zero-order chi connectivity index (χ0) is 18.5. The van der Waals surface area contributed by atoms with E-state index < -0.39 is 0 Å². The van der Waals surface area contributed by atoms with E-state index in [2.05, 4.69) is 63.2 Å². The molecule has 2 aromatic heterocycles. The van der Waals surface area contributed by atoms with Gasteiger partial charge in [0.25, 0.3) is 0 Å². The van der Waals surface area contributed by atoms with E-state index >= 15 is 0 Å². The van der Waals surface area contributed by atoms with Crippen molar-refractivity contribution in [1.29, 1.82) is 0 Å². The number of aromatic nitrogens is 3. The molecule has 2 aromatic carbocycles. The first-order valence-electron chi connectivity index (χ1n) is 9.15. The van der Waals surface area contributed by atoms with Gasteiger partial charge in [-0.2, -0.15) is 10.1 Å². The van der Waals surface area contributed by atoms with Crippen LogP contribution in [0.2, 0.25) is 0 Å². The van der Waals surface area contributed by atoms with Crippen molar-refractivity contribution in [3.05, 3.63) is 100 Å². The third kappa shape index (κ3) is 2.25. The summed E-state index contributed by atoms with van der Waals surface area (Å²) in [6.45, 7) is 0. The Kier molecular flexibility index (Phi) is 3.39. The number of fused-ring (bicyclic) bond motifs is 3. The lowest BCUT2D eigenvalue weighted by molar-refractivity contribution is 0.226. The van der Waals surface area contributed by atoms with Crippen molar-refractivity contribution in [1.82, 2.24) is 14.8 Å². The van der Waals surface area contributed by atoms with Gasteiger partial charge >= 0.3 is 0 Å². The number of thiophene rings is 1. The van der Waals surface area contributed by atoms with Crippen LogP contribution in [-0.2, 0) is 0 Å². The van der Waals surface area contributed by atoms with E-state index in [-0.39, 0.29) is 12.1 Å². The summed E-state index contributed by atoms with van der Waals surface area (Å²) in [4.78, 5) is 5.63. The molecule has 0 fully saturated rings. The number of anilines is 1. The summed E-state index contributed by atoms with van der Waals surface area (Å²) < 4.78 is 8.49. The fourth-order valence-electron chi connectivity index (χ4n) is 4.05. The Morgan fingerprint density at radius 3 is 2.68 bits per heavy atom. The van der Waals surface area contributed by atoms with Gasteiger partial charge in [0.05, 0.1) is 5.70 Å². The van der Waals surface area contributed by atoms with Gasteiger partial charge < -0.3 is 10.1 Å². The molecule has 4 heterocycles. The first kappa shape index (κ1) is 15.7. The van der Waals surface area contributed by atoms with E-state index in [9.17, 15) is 0 Å². The Bertz CT molecular complexity index is 1180. The van der Waals surface area contributed by atoms with Crippen LogP contribution in [0.1, 0.15) is 28.1 Å². The average molecular weight is 384 g/mol. The number of ether oxygens (including phenoxy) is 1. The van der Waals surface area contributed by atoms with Crippen LogP contribution >= 0.6 is 11.3 Å². The van der Waals surface area contributed by atoms with Crippen molar-refractivity contribution >= 4 is 23.0 Å². The standard InChI is InChI=1S/C22H16N4OS/c1-2-7-14(8-3-1)20-18-19(25-22-23-13-24-26(20)22)15-9-4-5-10-16(15)27-21(18)17-11-6-12-28-17/h1-13,20-21H,(H,23,24,25). The molecule has 1 N–H and O–H groups in total. The van der Waals surface area contributed by atoms with Gasteiger partial charge in [-0.1, -0.05) is 48.5 Å². The van der Waals surface area contributed by atoms with Gasteiger partial charge in [-0.25, -0.2) is 4.68 Å². The number of hydrogen-bond acceptors (Lipinski definition) is 5. The van der Waals surface area contributed by atoms with E-state index in [4.69, 9.17) is 4.74 Å². The van der Waals surface area contributed by atoms with Crippen molar-refractivity contribution in [2.45, 2.75) is 12.1 Å². The van der Waals surface area contributed by atoms with Crippen molar-refractivity contribution < 1.29 is 4.74 Å². The lowest BCUT2D eigenvalue weighted by Gasteiger charge is -2.38. The molecule has 0 spiro atoms. The van der Waals surface area contributed by atoms with Gasteiger partial charge in [0, 0.05) is 16.0 Å². The maximum absolute atomic E-state index is 6.54. The largest absolute Gasteiger partial charge is 0.480 e. The van der Waals surface area contributed by atoms with Crippen LogP contribution in [0, 0.1) is 0 Å². The molecule has 6 heteroatoms. The fraction of sp³-hybridized carbons (Fsp3) is 0.0909. The fourth-order valence-corrected chi connectivity index (χ4v) is 4.82. The van der Waals surface area contributed by atoms with Gasteiger partial charge in [0.1, 0.15) is 18.1 Å². The van der Waals surface area contributed by atoms with Gasteiger partial charge in [-0.15, -0.1) is 11.3 Å². The molecule has 0 saturated carbocycles. The Labute approximate surface area is 165 Å². The molecular weight excluding hydrogens is 368 g/mol. The first-order chi connectivity index (χ1) is 13.9. The lowest BCUT2D eigenvalue weighted by Crippen LogP contribution is -2.32. The minimum Gasteiger partial charge on any atom is -0.480 e. The number of nitrogens with zero attached hydrogens (tertiary/aromatic N) is 3. The number of benzene rings is 2. The topological polar surface area (TPSA) is 52.0 Å². The molecule has 4 aromatic rings. The number of para-hydroxylation sites is 1. The molecule has 2 aliphatic rings. The number of nitrogens with one attached hydrogen (secondary N) is 1. The van der Waals surface area contributed by atoms with Gasteiger partial charge in [-0.3, -0.25) is 0 Å². The zero-order valence-corrected chi connectivity index (χ0v) is 15.6. The molecular formula is C22H16N4OS. The molecule has 0 radical (unpaired) electrons. The van der Waals surface area contributed by atoms with Crippen molar-refractivity contribution in [2.24, 2.45) is 0 Å². The highest BCUT2D eigenvalue weighted by Crippen LogP contribution is 2.51. The summed E-state index contributed by atoms with van der Waals surface area (Å²) in [5, 5.41) is 10.1. The summed E-state index contributed by atoms with van der Waals surface area (Å²) >= 11 is 1.71. The minimum atomic E-state index is -0.181. The van der Waals surface area contributed by atoms with Crippen LogP contribution in [0.15, 0.2) is 84.0 Å². The van der Waals surface area contributed by atoms with Crippen molar-refractivity contribution in [2.75, 3.05) is 5.32 Å². The van der Waals surface area contributed by atoms with Gasteiger partial charge in [-0.05, 0) is 29.1 Å². The van der Waals surface area contributed by atoms with E-state index in [0.29, 0.717) is 0 Å². The predicted molar refractivity (Wildman–Crippen MR) is 109 cm³/mol. The summed E-state index contributed by atoms with van der Waals surface area (Å²) in [6, 6.07) is 22.7. The summed E-state index contributed by atoms with van der Waals surface area (Å²) in [5.74, 6) is 1.63. The quantitative estimate of drug-likeness (QED) is 0.534. The summed E-state index contributed by atoms with van der Waals surface area (Å²) in [7, 11) is 0. The molecule has 5 nitrogen and oxygen atoms in total. The van der Waals surface area contributed by atoms with Crippen LogP contribution in [0.3, 0.4) is 0 Å². The smallest absolute Gasteiger partial charge is 0.226 e. The predicted octanol–water partition coefficient (Wildman–Crippen LogP) is 4.90. The summed E-state index contributed by atoms with van der Waals surface area (Å²) in [6.07, 6.45) is 1.42. The number of hydrogen-bond donors (Lipinski definition) is 1. The summed E-state index contributed by atoms with van der Waals surface area (Å²) in [5.41, 5.74) is 4.44. The molecule has 2 atom stereocenters. The Hall–Kier alpha value is -3.38. The lowest BCUT2D eigenvalue weighted by atomic mass is 9.87. The molecule has 2 unspecified atom stereocenters. The maximum atomic E-state index is 6.54. The zero-order valence-electron chi connectivity index (χ0n) is 14.8. The maximum Gasteiger partial charge on any atom is 0.226 e. The highest BCUT2D eigenvalue weighted by Gasteiger charge is 2.41. The van der Waals surface area contributed by atoms with E-state index in [1.807, 2.05) is 28.9 Å². The van der Waals surface area contributed by atoms with E-state index in [0.717, 1.165) is 34.1 Å². The molecule has 0 saturated heterocycles. The molecule has 0 aliphatic carbocycles. The SMILES string of the molecule is c1ccc(C2C3=C(Nc4ncnn42)c2ccccc2OC3c2cccs2)cc1. The third-order valence-corrected chi connectivity index (χ3v) is 6.15. The Balaban J connectivity index is 1.65. The molecule has 28 heavy (non-hydrogen) atoms. The highest BCUT2D eigenvalue weighted by molar-refractivity contribution is 7.10. The van der Waals surface area contributed by atoms with Crippen LogP contribution in [-0.4, -0.2) is 14.8 Å². The second-order valence-electron chi connectivity index (χ2n) is 6.81. The molecule has 0 amide bonds. The Morgan fingerprint density at radius 2 is 1.82 bits per heavy atom. The molecule has 2 aliphatic heterocycles. The van der Waals surface area contributed by atoms with Gasteiger partial charge in [0.15, 0.2) is 6.10 Å². The molecule has 6 rings (SSSR count). The third-order valence-electron chi connectivity index (χ3n) is 5.24. The van der Waals surface area contributed by atoms with Crippen LogP contribution < -0.4 is 10.1 Å². The Morgan fingerprint density at radius 1 is 0.964 bits per heavy atom. The first-order valence-corrected chi connectivity index (χ1v) is 10.0. The molecule has 0 bridgehead atoms. The van der Waals surface area contributed by atoms with E-state index in [1.54, 1.807) is 17.7 Å². The van der Waals surface area contributed by atoms with Crippen LogP contribution in [0.5, 0.6) is 5.75 Å². The monoisotopic (exact) mass is 384 g/mol. The van der Waals surface area contributed by atoms with Crippen LogP contribution in [0.4, 0.5) is 5.95 Å². The molecule has 136 valence electrons. The van der Waals surface area contributed by atoms with Gasteiger partial charge in [0.2, 0.25) is 5.95 Å². The highest BCUT2D eigenvalue weighted by atomic mass is 32.1. The second kappa shape index (κ2) is 6.07.